The lowest BCUT2D eigenvalue weighted by Gasteiger charge is -2.15. The van der Waals surface area contributed by atoms with E-state index in [2.05, 4.69) is 20.2 Å². The van der Waals surface area contributed by atoms with Crippen LogP contribution in [0.3, 0.4) is 0 Å². The monoisotopic (exact) mass is 406 g/mol. The second-order valence-corrected chi connectivity index (χ2v) is 7.47. The predicted molar refractivity (Wildman–Crippen MR) is 117 cm³/mol. The van der Waals surface area contributed by atoms with Gasteiger partial charge in [-0.2, -0.15) is 5.10 Å². The number of benzene rings is 2. The quantitative estimate of drug-likeness (QED) is 0.405. The molecule has 154 valence electrons. The van der Waals surface area contributed by atoms with Crippen molar-refractivity contribution in [2.24, 2.45) is 5.92 Å². The number of carbonyl (C=O) groups is 2. The van der Waals surface area contributed by atoms with E-state index in [0.717, 1.165) is 16.3 Å². The normalized spacial score (nSPS) is 10.8. The summed E-state index contributed by atoms with van der Waals surface area (Å²) in [7, 11) is -1.41. The standard InChI is InChI=1S/C21H23BN4O4/c1-12(2)8-20(28)24-19-7-5-15(22(29)30-11-27)10-18(19)14-4-6-16-17(9-14)13(3)25-26-21(16)23/h4-7,9-12,29H,8H2,1-3H3,(H2,23,26)(H,24,28). The SMILES string of the molecule is Cc1nnc(N)c2ccc(-c3cc(B(O)OC=O)ccc3NC(=O)CC(C)C)cc12. The summed E-state index contributed by atoms with van der Waals surface area (Å²) in [5, 5.41) is 22.6. The van der Waals surface area contributed by atoms with Gasteiger partial charge in [-0.15, -0.1) is 5.10 Å². The molecule has 1 aromatic heterocycles. The number of carbonyl (C=O) groups excluding carboxylic acids is 2. The number of nitrogen functional groups attached to an aromatic ring is 1. The van der Waals surface area contributed by atoms with Crippen molar-refractivity contribution in [1.82, 2.24) is 10.2 Å². The molecule has 0 aliphatic carbocycles. The van der Waals surface area contributed by atoms with Crippen molar-refractivity contribution >= 4 is 47.2 Å². The topological polar surface area (TPSA) is 127 Å². The summed E-state index contributed by atoms with van der Waals surface area (Å²) >= 11 is 0. The highest BCUT2D eigenvalue weighted by molar-refractivity contribution is 6.61. The van der Waals surface area contributed by atoms with Gasteiger partial charge in [0.15, 0.2) is 5.82 Å². The van der Waals surface area contributed by atoms with Crippen LogP contribution in [0.1, 0.15) is 26.0 Å². The van der Waals surface area contributed by atoms with Crippen molar-refractivity contribution in [2.75, 3.05) is 11.1 Å². The highest BCUT2D eigenvalue weighted by atomic mass is 16.5. The summed E-state index contributed by atoms with van der Waals surface area (Å²) in [6, 6.07) is 10.5. The van der Waals surface area contributed by atoms with E-state index in [9.17, 15) is 14.6 Å². The molecule has 0 fully saturated rings. The average molecular weight is 406 g/mol. The molecule has 8 nitrogen and oxygen atoms in total. The molecular formula is C21H23BN4O4. The van der Waals surface area contributed by atoms with Crippen LogP contribution in [0, 0.1) is 12.8 Å². The molecule has 3 rings (SSSR count). The molecule has 1 amide bonds. The Balaban J connectivity index is 2.12. The highest BCUT2D eigenvalue weighted by Crippen LogP contribution is 2.32. The Hall–Kier alpha value is -3.46. The van der Waals surface area contributed by atoms with Crippen LogP contribution in [0.5, 0.6) is 0 Å². The number of fused-ring (bicyclic) bond motifs is 1. The fourth-order valence-electron chi connectivity index (χ4n) is 3.24. The number of aromatic nitrogens is 2. The zero-order valence-corrected chi connectivity index (χ0v) is 17.0. The van der Waals surface area contributed by atoms with Crippen molar-refractivity contribution in [1.29, 1.82) is 0 Å². The predicted octanol–water partition coefficient (Wildman–Crippen LogP) is 2.03. The minimum atomic E-state index is -1.41. The minimum absolute atomic E-state index is 0.115. The van der Waals surface area contributed by atoms with Crippen LogP contribution in [-0.2, 0) is 14.2 Å². The number of hydrogen-bond acceptors (Lipinski definition) is 7. The van der Waals surface area contributed by atoms with Crippen molar-refractivity contribution < 1.29 is 19.3 Å². The Labute approximate surface area is 174 Å². The zero-order valence-electron chi connectivity index (χ0n) is 17.0. The average Bonchev–Trinajstić information content (AvgIpc) is 2.70. The fraction of sp³-hybridized carbons (Fsp3) is 0.238. The van der Waals surface area contributed by atoms with Gasteiger partial charge in [0, 0.05) is 28.4 Å². The maximum absolute atomic E-state index is 12.4. The lowest BCUT2D eigenvalue weighted by molar-refractivity contribution is -0.121. The van der Waals surface area contributed by atoms with E-state index >= 15 is 0 Å². The Morgan fingerprint density at radius 1 is 1.23 bits per heavy atom. The molecule has 0 saturated carbocycles. The van der Waals surface area contributed by atoms with E-state index in [1.807, 2.05) is 39.0 Å². The summed E-state index contributed by atoms with van der Waals surface area (Å²) in [5.41, 5.74) is 9.05. The van der Waals surface area contributed by atoms with Crippen molar-refractivity contribution in [3.8, 4) is 11.1 Å². The zero-order chi connectivity index (χ0) is 21.8. The fourth-order valence-corrected chi connectivity index (χ4v) is 3.24. The summed E-state index contributed by atoms with van der Waals surface area (Å²) in [5.74, 6) is 0.423. The van der Waals surface area contributed by atoms with Gasteiger partial charge in [-0.3, -0.25) is 9.59 Å². The molecule has 2 aromatic carbocycles. The van der Waals surface area contributed by atoms with E-state index in [1.165, 1.54) is 0 Å². The van der Waals surface area contributed by atoms with Crippen LogP contribution < -0.4 is 16.5 Å². The highest BCUT2D eigenvalue weighted by Gasteiger charge is 2.21. The number of nitrogens with one attached hydrogen (secondary N) is 1. The summed E-state index contributed by atoms with van der Waals surface area (Å²) in [4.78, 5) is 23.0. The van der Waals surface area contributed by atoms with E-state index in [4.69, 9.17) is 5.73 Å². The second-order valence-electron chi connectivity index (χ2n) is 7.47. The number of nitrogens with two attached hydrogens (primary N) is 1. The van der Waals surface area contributed by atoms with Gasteiger partial charge in [-0.05, 0) is 42.1 Å². The second kappa shape index (κ2) is 8.92. The number of anilines is 2. The molecule has 0 aliphatic heterocycles. The van der Waals surface area contributed by atoms with E-state index < -0.39 is 7.12 Å². The van der Waals surface area contributed by atoms with Crippen LogP contribution >= 0.6 is 0 Å². The maximum atomic E-state index is 12.4. The van der Waals surface area contributed by atoms with Crippen molar-refractivity contribution in [3.63, 3.8) is 0 Å². The van der Waals surface area contributed by atoms with Gasteiger partial charge in [0.05, 0.1) is 5.69 Å². The van der Waals surface area contributed by atoms with Gasteiger partial charge in [-0.25, -0.2) is 0 Å². The lowest BCUT2D eigenvalue weighted by atomic mass is 9.78. The molecule has 0 spiro atoms. The van der Waals surface area contributed by atoms with Crippen LogP contribution in [0.4, 0.5) is 11.5 Å². The third-order valence-electron chi connectivity index (χ3n) is 4.69. The van der Waals surface area contributed by atoms with Gasteiger partial charge in [-0.1, -0.05) is 32.0 Å². The van der Waals surface area contributed by atoms with Crippen LogP contribution in [-0.4, -0.2) is 34.7 Å². The molecule has 4 N–H and O–H groups in total. The molecule has 0 radical (unpaired) electrons. The molecule has 30 heavy (non-hydrogen) atoms. The van der Waals surface area contributed by atoms with Gasteiger partial charge in [0.2, 0.25) is 5.91 Å². The molecule has 0 saturated heterocycles. The molecule has 9 heteroatoms. The number of rotatable bonds is 7. The first-order valence-corrected chi connectivity index (χ1v) is 9.54. The van der Waals surface area contributed by atoms with Crippen LogP contribution in [0.15, 0.2) is 36.4 Å². The Morgan fingerprint density at radius 2 is 2.00 bits per heavy atom. The Bertz CT molecular complexity index is 1100. The Morgan fingerprint density at radius 3 is 2.70 bits per heavy atom. The van der Waals surface area contributed by atoms with Gasteiger partial charge in [0.25, 0.3) is 6.47 Å². The van der Waals surface area contributed by atoms with E-state index in [-0.39, 0.29) is 18.3 Å². The van der Waals surface area contributed by atoms with Crippen LogP contribution in [0.25, 0.3) is 21.9 Å². The number of aryl methyl sites for hydroxylation is 1. The van der Waals surface area contributed by atoms with E-state index in [1.54, 1.807) is 18.2 Å². The number of hydrogen-bond donors (Lipinski definition) is 3. The third kappa shape index (κ3) is 4.57. The molecule has 0 aliphatic rings. The maximum Gasteiger partial charge on any atom is 0.561 e. The summed E-state index contributed by atoms with van der Waals surface area (Å²) < 4.78 is 4.65. The van der Waals surface area contributed by atoms with Crippen molar-refractivity contribution in [2.45, 2.75) is 27.2 Å². The smallest absolute Gasteiger partial charge is 0.508 e. The van der Waals surface area contributed by atoms with Gasteiger partial charge < -0.3 is 20.7 Å². The Kier molecular flexibility index (Phi) is 6.32. The molecule has 0 bridgehead atoms. The van der Waals surface area contributed by atoms with Gasteiger partial charge in [0.1, 0.15) is 0 Å². The number of nitrogens with zero attached hydrogens (tertiary/aromatic N) is 2. The van der Waals surface area contributed by atoms with Crippen molar-refractivity contribution in [3.05, 3.63) is 42.1 Å². The van der Waals surface area contributed by atoms with Gasteiger partial charge >= 0.3 is 7.12 Å². The molecule has 1 heterocycles. The molecule has 3 aromatic rings. The third-order valence-corrected chi connectivity index (χ3v) is 4.69. The van der Waals surface area contributed by atoms with E-state index in [0.29, 0.717) is 34.6 Å². The summed E-state index contributed by atoms with van der Waals surface area (Å²) in [6.07, 6.45) is 0.376. The number of amides is 1. The first-order chi connectivity index (χ1) is 14.3. The molecular weight excluding hydrogens is 383 g/mol. The molecule has 0 atom stereocenters. The molecule has 0 unspecified atom stereocenters. The minimum Gasteiger partial charge on any atom is -0.508 e. The first kappa shape index (κ1) is 21.3. The lowest BCUT2D eigenvalue weighted by Crippen LogP contribution is -2.33. The van der Waals surface area contributed by atoms with Crippen LogP contribution in [0.2, 0.25) is 0 Å². The largest absolute Gasteiger partial charge is 0.561 e. The summed E-state index contributed by atoms with van der Waals surface area (Å²) in [6.45, 7) is 5.95. The first-order valence-electron chi connectivity index (χ1n) is 9.54.